The van der Waals surface area contributed by atoms with Crippen LogP contribution in [0.5, 0.6) is 0 Å². The normalized spacial score (nSPS) is 18.6. The van der Waals surface area contributed by atoms with Crippen molar-refractivity contribution in [1.29, 1.82) is 0 Å². The predicted octanol–water partition coefficient (Wildman–Crippen LogP) is 4.09. The SMILES string of the molecule is CS(=O)CCNC(=O)c1cnc2cccc(C3=CCC(C(F)(F)F)CC3)c2c1. The van der Waals surface area contributed by atoms with Gasteiger partial charge in [0.2, 0.25) is 0 Å². The fourth-order valence-corrected chi connectivity index (χ4v) is 3.73. The average molecular weight is 410 g/mol. The lowest BCUT2D eigenvalue weighted by atomic mass is 9.85. The summed E-state index contributed by atoms with van der Waals surface area (Å²) in [4.78, 5) is 16.6. The van der Waals surface area contributed by atoms with Gasteiger partial charge in [0.25, 0.3) is 5.91 Å². The van der Waals surface area contributed by atoms with Crippen molar-refractivity contribution in [3.05, 3.63) is 47.7 Å². The van der Waals surface area contributed by atoms with E-state index in [9.17, 15) is 22.2 Å². The molecule has 1 amide bonds. The molecule has 150 valence electrons. The molecule has 1 heterocycles. The van der Waals surface area contributed by atoms with E-state index in [1.165, 1.54) is 6.20 Å². The van der Waals surface area contributed by atoms with Gasteiger partial charge in [0, 0.05) is 40.9 Å². The van der Waals surface area contributed by atoms with Crippen molar-refractivity contribution in [3.8, 4) is 0 Å². The van der Waals surface area contributed by atoms with Gasteiger partial charge in [-0.15, -0.1) is 0 Å². The van der Waals surface area contributed by atoms with Crippen LogP contribution in [0.15, 0.2) is 36.5 Å². The third-order valence-corrected chi connectivity index (χ3v) is 5.66. The van der Waals surface area contributed by atoms with Crippen LogP contribution in [-0.4, -0.2) is 39.8 Å². The second-order valence-corrected chi connectivity index (χ2v) is 8.43. The molecule has 1 aromatic heterocycles. The maximum atomic E-state index is 12.9. The molecule has 1 aromatic carbocycles. The zero-order valence-corrected chi connectivity index (χ0v) is 16.2. The van der Waals surface area contributed by atoms with Gasteiger partial charge >= 0.3 is 6.18 Å². The fraction of sp³-hybridized carbons (Fsp3) is 0.400. The van der Waals surface area contributed by atoms with E-state index in [4.69, 9.17) is 0 Å². The molecule has 0 spiro atoms. The van der Waals surface area contributed by atoms with Crippen LogP contribution in [0.3, 0.4) is 0 Å². The standard InChI is InChI=1S/C20H21F3N2O2S/c1-28(27)10-9-24-19(26)14-11-17-16(3-2-4-18(17)25-12-14)13-5-7-15(8-6-13)20(21,22)23/h2-5,11-12,15H,6-10H2,1H3,(H,24,26). The van der Waals surface area contributed by atoms with Crippen molar-refractivity contribution in [2.75, 3.05) is 18.6 Å². The molecule has 3 rings (SSSR count). The molecule has 28 heavy (non-hydrogen) atoms. The van der Waals surface area contributed by atoms with Gasteiger partial charge in [-0.05, 0) is 42.5 Å². The molecular weight excluding hydrogens is 389 g/mol. The number of benzene rings is 1. The van der Waals surface area contributed by atoms with Crippen molar-refractivity contribution in [2.24, 2.45) is 5.92 Å². The maximum absolute atomic E-state index is 12.9. The van der Waals surface area contributed by atoms with Gasteiger partial charge in [-0.2, -0.15) is 13.2 Å². The van der Waals surface area contributed by atoms with Gasteiger partial charge in [0.1, 0.15) is 0 Å². The molecule has 0 fully saturated rings. The number of rotatable bonds is 5. The number of hydrogen-bond donors (Lipinski definition) is 1. The largest absolute Gasteiger partial charge is 0.392 e. The van der Waals surface area contributed by atoms with Crippen LogP contribution in [0.2, 0.25) is 0 Å². The summed E-state index contributed by atoms with van der Waals surface area (Å²) in [5.41, 5.74) is 2.72. The first kappa shape index (κ1) is 20.5. The highest BCUT2D eigenvalue weighted by molar-refractivity contribution is 7.84. The summed E-state index contributed by atoms with van der Waals surface area (Å²) in [7, 11) is -0.995. The molecule has 1 aliphatic carbocycles. The fourth-order valence-electron chi connectivity index (χ4n) is 3.34. The summed E-state index contributed by atoms with van der Waals surface area (Å²) >= 11 is 0. The number of allylic oxidation sites excluding steroid dienone is 2. The number of carbonyl (C=O) groups is 1. The Morgan fingerprint density at radius 3 is 2.79 bits per heavy atom. The topological polar surface area (TPSA) is 59.1 Å². The molecule has 8 heteroatoms. The number of alkyl halides is 3. The molecular formula is C20H21F3N2O2S. The molecule has 0 aliphatic heterocycles. The van der Waals surface area contributed by atoms with Crippen molar-refractivity contribution in [1.82, 2.24) is 10.3 Å². The minimum atomic E-state index is -4.17. The summed E-state index contributed by atoms with van der Waals surface area (Å²) in [6.07, 6.45) is 0.887. The Morgan fingerprint density at radius 1 is 1.36 bits per heavy atom. The molecule has 4 nitrogen and oxygen atoms in total. The van der Waals surface area contributed by atoms with Gasteiger partial charge in [0.05, 0.1) is 17.0 Å². The summed E-state index contributed by atoms with van der Waals surface area (Å²) in [5.74, 6) is -1.25. The highest BCUT2D eigenvalue weighted by Gasteiger charge is 2.39. The Bertz CT molecular complexity index is 941. The van der Waals surface area contributed by atoms with Gasteiger partial charge < -0.3 is 5.32 Å². The third kappa shape index (κ3) is 4.79. The number of pyridine rings is 1. The zero-order chi connectivity index (χ0) is 20.3. The van der Waals surface area contributed by atoms with Gasteiger partial charge in [-0.3, -0.25) is 14.0 Å². The Morgan fingerprint density at radius 2 is 2.14 bits per heavy atom. The van der Waals surface area contributed by atoms with Crippen LogP contribution in [0, 0.1) is 5.92 Å². The van der Waals surface area contributed by atoms with E-state index >= 15 is 0 Å². The van der Waals surface area contributed by atoms with Crippen LogP contribution in [0.1, 0.15) is 35.2 Å². The van der Waals surface area contributed by atoms with Crippen molar-refractivity contribution >= 4 is 33.2 Å². The van der Waals surface area contributed by atoms with Crippen LogP contribution in [0.4, 0.5) is 13.2 Å². The summed E-state index contributed by atoms with van der Waals surface area (Å²) < 4.78 is 49.9. The first-order valence-electron chi connectivity index (χ1n) is 8.99. The van der Waals surface area contributed by atoms with Crippen LogP contribution >= 0.6 is 0 Å². The minimum Gasteiger partial charge on any atom is -0.351 e. The lowest BCUT2D eigenvalue weighted by Crippen LogP contribution is -2.27. The van der Waals surface area contributed by atoms with Gasteiger partial charge in [-0.1, -0.05) is 18.2 Å². The van der Waals surface area contributed by atoms with E-state index in [1.807, 2.05) is 18.2 Å². The number of amides is 1. The molecule has 1 N–H and O–H groups in total. The van der Waals surface area contributed by atoms with E-state index in [0.29, 0.717) is 29.8 Å². The van der Waals surface area contributed by atoms with E-state index < -0.39 is 22.9 Å². The van der Waals surface area contributed by atoms with Crippen molar-refractivity contribution < 1.29 is 22.2 Å². The lowest BCUT2D eigenvalue weighted by Gasteiger charge is -2.24. The smallest absolute Gasteiger partial charge is 0.351 e. The highest BCUT2D eigenvalue weighted by Crippen LogP contribution is 2.40. The van der Waals surface area contributed by atoms with Crippen molar-refractivity contribution in [3.63, 3.8) is 0 Å². The average Bonchev–Trinajstić information content (AvgIpc) is 2.66. The number of halogens is 3. The Hall–Kier alpha value is -2.22. The Kier molecular flexibility index (Phi) is 6.17. The molecule has 0 saturated heterocycles. The highest BCUT2D eigenvalue weighted by atomic mass is 32.2. The van der Waals surface area contributed by atoms with Crippen LogP contribution < -0.4 is 5.32 Å². The first-order chi connectivity index (χ1) is 13.3. The lowest BCUT2D eigenvalue weighted by molar-refractivity contribution is -0.175. The second kappa shape index (κ2) is 8.43. The van der Waals surface area contributed by atoms with E-state index in [0.717, 1.165) is 16.5 Å². The molecule has 1 aliphatic rings. The van der Waals surface area contributed by atoms with Crippen molar-refractivity contribution in [2.45, 2.75) is 25.4 Å². The zero-order valence-electron chi connectivity index (χ0n) is 15.4. The Labute approximate surface area is 163 Å². The molecule has 0 radical (unpaired) electrons. The monoisotopic (exact) mass is 410 g/mol. The first-order valence-corrected chi connectivity index (χ1v) is 10.7. The quantitative estimate of drug-likeness (QED) is 0.808. The maximum Gasteiger partial charge on any atom is 0.392 e. The van der Waals surface area contributed by atoms with Crippen LogP contribution in [0.25, 0.3) is 16.5 Å². The molecule has 0 saturated carbocycles. The van der Waals surface area contributed by atoms with E-state index in [2.05, 4.69) is 10.3 Å². The predicted molar refractivity (Wildman–Crippen MR) is 104 cm³/mol. The summed E-state index contributed by atoms with van der Waals surface area (Å²) in [6.45, 7) is 0.297. The molecule has 0 bridgehead atoms. The number of nitrogens with zero attached hydrogens (tertiary/aromatic N) is 1. The summed E-state index contributed by atoms with van der Waals surface area (Å²) in [5, 5.41) is 3.45. The minimum absolute atomic E-state index is 0.0308. The van der Waals surface area contributed by atoms with Gasteiger partial charge in [0.15, 0.2) is 0 Å². The number of nitrogens with one attached hydrogen (secondary N) is 1. The Balaban J connectivity index is 1.87. The second-order valence-electron chi connectivity index (χ2n) is 6.87. The third-order valence-electron chi connectivity index (χ3n) is 4.88. The number of aromatic nitrogens is 1. The number of carbonyl (C=O) groups excluding carboxylic acids is 1. The summed E-state index contributed by atoms with van der Waals surface area (Å²) in [6, 6.07) is 7.19. The van der Waals surface area contributed by atoms with Crippen LogP contribution in [-0.2, 0) is 10.8 Å². The molecule has 2 unspecified atom stereocenters. The van der Waals surface area contributed by atoms with E-state index in [-0.39, 0.29) is 18.7 Å². The molecule has 2 atom stereocenters. The number of hydrogen-bond acceptors (Lipinski definition) is 3. The van der Waals surface area contributed by atoms with E-state index in [1.54, 1.807) is 18.4 Å². The molecule has 2 aromatic rings. The van der Waals surface area contributed by atoms with Gasteiger partial charge in [-0.25, -0.2) is 0 Å². The number of fused-ring (bicyclic) bond motifs is 1.